The molecular weight excluding hydrogens is 458 g/mol. The Balaban J connectivity index is 1.64. The molecule has 184 valence electrons. The van der Waals surface area contributed by atoms with E-state index in [1.807, 2.05) is 30.3 Å². The normalized spacial score (nSPS) is 11.1. The number of carbonyl (C=O) groups is 2. The summed E-state index contributed by atoms with van der Waals surface area (Å²) < 4.78 is 16.0. The van der Waals surface area contributed by atoms with Crippen LogP contribution in [0.25, 0.3) is 17.0 Å². The number of hydrogen-bond acceptors (Lipinski definition) is 5. The molecule has 1 heterocycles. The lowest BCUT2D eigenvalue weighted by Crippen LogP contribution is -2.34. The van der Waals surface area contributed by atoms with Crippen molar-refractivity contribution >= 4 is 28.8 Å². The number of rotatable bonds is 9. The Hall–Kier alpha value is -4.72. The molecule has 8 nitrogen and oxygen atoms in total. The van der Waals surface area contributed by atoms with E-state index in [1.165, 1.54) is 0 Å². The monoisotopic (exact) mass is 485 g/mol. The SMILES string of the molecule is COc1ccc(CNC(=O)/C(=C\c2c[nH]c3ccc(OC)cc23)NC(=O)c2ccccc2)c(OC)c1. The van der Waals surface area contributed by atoms with E-state index in [4.69, 9.17) is 14.2 Å². The van der Waals surface area contributed by atoms with Gasteiger partial charge in [-0.15, -0.1) is 0 Å². The lowest BCUT2D eigenvalue weighted by atomic mass is 10.1. The summed E-state index contributed by atoms with van der Waals surface area (Å²) in [6, 6.07) is 19.7. The van der Waals surface area contributed by atoms with E-state index < -0.39 is 11.8 Å². The number of carbonyl (C=O) groups excluding carboxylic acids is 2. The van der Waals surface area contributed by atoms with Crippen LogP contribution >= 0.6 is 0 Å². The molecule has 0 atom stereocenters. The standard InChI is InChI=1S/C28H27N3O5/c1-34-21-11-12-24-23(14-21)20(17-29-24)13-25(31-27(32)18-7-5-4-6-8-18)28(33)30-16-19-9-10-22(35-2)15-26(19)36-3/h4-15,17,29H,16H2,1-3H3,(H,30,33)(H,31,32)/b25-13+. The molecule has 0 radical (unpaired) electrons. The first-order chi connectivity index (χ1) is 17.5. The number of aromatic amines is 1. The third-order valence-electron chi connectivity index (χ3n) is 5.68. The van der Waals surface area contributed by atoms with Gasteiger partial charge in [-0.3, -0.25) is 9.59 Å². The maximum absolute atomic E-state index is 13.3. The van der Waals surface area contributed by atoms with E-state index in [2.05, 4.69) is 15.6 Å². The molecule has 4 aromatic rings. The molecule has 0 fully saturated rings. The molecule has 3 N–H and O–H groups in total. The number of aromatic nitrogens is 1. The average molecular weight is 486 g/mol. The molecule has 0 unspecified atom stereocenters. The Bertz CT molecular complexity index is 1410. The molecule has 0 aliphatic rings. The number of benzene rings is 3. The molecule has 3 aromatic carbocycles. The summed E-state index contributed by atoms with van der Waals surface area (Å²) in [6.45, 7) is 0.187. The number of amides is 2. The Morgan fingerprint density at radius 2 is 1.61 bits per heavy atom. The topological polar surface area (TPSA) is 102 Å². The fourth-order valence-electron chi connectivity index (χ4n) is 3.73. The van der Waals surface area contributed by atoms with Crippen LogP contribution in [0.15, 0.2) is 78.6 Å². The van der Waals surface area contributed by atoms with E-state index in [1.54, 1.807) is 70.0 Å². The maximum atomic E-state index is 13.3. The minimum Gasteiger partial charge on any atom is -0.497 e. The Morgan fingerprint density at radius 3 is 2.33 bits per heavy atom. The highest BCUT2D eigenvalue weighted by Gasteiger charge is 2.17. The van der Waals surface area contributed by atoms with Gasteiger partial charge in [0, 0.05) is 46.4 Å². The maximum Gasteiger partial charge on any atom is 0.268 e. The number of nitrogens with one attached hydrogen (secondary N) is 3. The lowest BCUT2D eigenvalue weighted by molar-refractivity contribution is -0.117. The van der Waals surface area contributed by atoms with Crippen molar-refractivity contribution in [2.75, 3.05) is 21.3 Å². The van der Waals surface area contributed by atoms with Crippen molar-refractivity contribution in [3.8, 4) is 17.2 Å². The second-order valence-corrected chi connectivity index (χ2v) is 7.89. The van der Waals surface area contributed by atoms with Gasteiger partial charge in [-0.25, -0.2) is 0 Å². The van der Waals surface area contributed by atoms with Crippen molar-refractivity contribution in [3.05, 3.63) is 95.3 Å². The number of fused-ring (bicyclic) bond motifs is 1. The van der Waals surface area contributed by atoms with Gasteiger partial charge < -0.3 is 29.8 Å². The van der Waals surface area contributed by atoms with Crippen LogP contribution in [0.1, 0.15) is 21.5 Å². The van der Waals surface area contributed by atoms with Gasteiger partial charge in [0.2, 0.25) is 0 Å². The van der Waals surface area contributed by atoms with Gasteiger partial charge in [0.15, 0.2) is 0 Å². The molecular formula is C28H27N3O5. The highest BCUT2D eigenvalue weighted by atomic mass is 16.5. The number of ether oxygens (including phenoxy) is 3. The van der Waals surface area contributed by atoms with Gasteiger partial charge in [-0.2, -0.15) is 0 Å². The van der Waals surface area contributed by atoms with Crippen molar-refractivity contribution in [1.29, 1.82) is 0 Å². The Morgan fingerprint density at radius 1 is 0.889 bits per heavy atom. The molecule has 0 aliphatic heterocycles. The van der Waals surface area contributed by atoms with Crippen LogP contribution in [-0.4, -0.2) is 38.1 Å². The minimum atomic E-state index is -0.450. The number of methoxy groups -OCH3 is 3. The van der Waals surface area contributed by atoms with E-state index in [0.29, 0.717) is 22.8 Å². The predicted octanol–water partition coefficient (Wildman–Crippen LogP) is 4.28. The number of H-pyrrole nitrogens is 1. The molecule has 1 aromatic heterocycles. The minimum absolute atomic E-state index is 0.0973. The molecule has 0 bridgehead atoms. The summed E-state index contributed by atoms with van der Waals surface area (Å²) in [6.07, 6.45) is 3.41. The van der Waals surface area contributed by atoms with Gasteiger partial charge >= 0.3 is 0 Å². The summed E-state index contributed by atoms with van der Waals surface area (Å²) in [7, 11) is 4.72. The van der Waals surface area contributed by atoms with Gasteiger partial charge in [0.1, 0.15) is 22.9 Å². The van der Waals surface area contributed by atoms with Crippen LogP contribution < -0.4 is 24.8 Å². The zero-order valence-corrected chi connectivity index (χ0v) is 20.3. The molecule has 0 aliphatic carbocycles. The van der Waals surface area contributed by atoms with Gasteiger partial charge in [0.05, 0.1) is 21.3 Å². The molecule has 0 saturated heterocycles. The van der Waals surface area contributed by atoms with Crippen molar-refractivity contribution < 1.29 is 23.8 Å². The molecule has 0 spiro atoms. The summed E-state index contributed by atoms with van der Waals surface area (Å²) in [5.41, 5.74) is 2.90. The summed E-state index contributed by atoms with van der Waals surface area (Å²) in [5, 5.41) is 6.49. The first-order valence-electron chi connectivity index (χ1n) is 11.2. The van der Waals surface area contributed by atoms with Crippen molar-refractivity contribution in [1.82, 2.24) is 15.6 Å². The van der Waals surface area contributed by atoms with Crippen molar-refractivity contribution in [2.24, 2.45) is 0 Å². The second kappa shape index (κ2) is 11.1. The summed E-state index contributed by atoms with van der Waals surface area (Å²) >= 11 is 0. The summed E-state index contributed by atoms with van der Waals surface area (Å²) in [4.78, 5) is 29.4. The highest BCUT2D eigenvalue weighted by molar-refractivity contribution is 6.06. The van der Waals surface area contributed by atoms with E-state index in [0.717, 1.165) is 22.0 Å². The first kappa shape index (κ1) is 24.4. The number of hydrogen-bond donors (Lipinski definition) is 3. The Kier molecular flexibility index (Phi) is 7.55. The van der Waals surface area contributed by atoms with Crippen molar-refractivity contribution in [3.63, 3.8) is 0 Å². The average Bonchev–Trinajstić information content (AvgIpc) is 3.33. The quantitative estimate of drug-likeness (QED) is 0.307. The highest BCUT2D eigenvalue weighted by Crippen LogP contribution is 2.26. The van der Waals surface area contributed by atoms with Gasteiger partial charge in [0.25, 0.3) is 11.8 Å². The van der Waals surface area contributed by atoms with Crippen LogP contribution in [0.3, 0.4) is 0 Å². The lowest BCUT2D eigenvalue weighted by Gasteiger charge is -2.13. The fraction of sp³-hybridized carbons (Fsp3) is 0.143. The predicted molar refractivity (Wildman–Crippen MR) is 138 cm³/mol. The second-order valence-electron chi connectivity index (χ2n) is 7.89. The third kappa shape index (κ3) is 5.50. The summed E-state index contributed by atoms with van der Waals surface area (Å²) in [5.74, 6) is 1.07. The van der Waals surface area contributed by atoms with E-state index in [-0.39, 0.29) is 12.2 Å². The molecule has 4 rings (SSSR count). The van der Waals surface area contributed by atoms with Crippen LogP contribution in [0, 0.1) is 0 Å². The largest absolute Gasteiger partial charge is 0.497 e. The molecule has 0 saturated carbocycles. The third-order valence-corrected chi connectivity index (χ3v) is 5.68. The molecule has 8 heteroatoms. The smallest absolute Gasteiger partial charge is 0.268 e. The van der Waals surface area contributed by atoms with Crippen LogP contribution in [0.4, 0.5) is 0 Å². The zero-order chi connectivity index (χ0) is 25.5. The van der Waals surface area contributed by atoms with Gasteiger partial charge in [-0.05, 0) is 48.5 Å². The van der Waals surface area contributed by atoms with Crippen LogP contribution in [-0.2, 0) is 11.3 Å². The van der Waals surface area contributed by atoms with Crippen LogP contribution in [0.2, 0.25) is 0 Å². The first-order valence-corrected chi connectivity index (χ1v) is 11.2. The zero-order valence-electron chi connectivity index (χ0n) is 20.3. The fourth-order valence-corrected chi connectivity index (χ4v) is 3.73. The van der Waals surface area contributed by atoms with Crippen LogP contribution in [0.5, 0.6) is 17.2 Å². The van der Waals surface area contributed by atoms with E-state index in [9.17, 15) is 9.59 Å². The Labute approximate surface area is 208 Å². The molecule has 2 amide bonds. The van der Waals surface area contributed by atoms with E-state index >= 15 is 0 Å². The van der Waals surface area contributed by atoms with Gasteiger partial charge in [-0.1, -0.05) is 18.2 Å². The molecule has 36 heavy (non-hydrogen) atoms. The van der Waals surface area contributed by atoms with Crippen molar-refractivity contribution in [2.45, 2.75) is 6.54 Å².